The minimum atomic E-state index is -1.50. The van der Waals surface area contributed by atoms with E-state index in [1.807, 2.05) is 6.92 Å². The molecule has 0 saturated heterocycles. The third-order valence-corrected chi connectivity index (χ3v) is 5.49. The molecule has 2 aromatic heterocycles. The lowest BCUT2D eigenvalue weighted by atomic mass is 9.94. The summed E-state index contributed by atoms with van der Waals surface area (Å²) in [7, 11) is 0. The monoisotopic (exact) mass is 443 g/mol. The molecule has 0 saturated carbocycles. The van der Waals surface area contributed by atoms with Crippen LogP contribution in [-0.4, -0.2) is 37.8 Å². The largest absolute Gasteiger partial charge is 0.350 e. The number of aromatic nitrogens is 3. The van der Waals surface area contributed by atoms with Crippen LogP contribution in [-0.2, 0) is 30.8 Å². The molecule has 3 aromatic rings. The number of amides is 2. The molecule has 0 unspecified atom stereocenters. The van der Waals surface area contributed by atoms with Crippen molar-refractivity contribution in [2.45, 2.75) is 33.0 Å². The number of carbonyl (C=O) groups excluding carboxylic acids is 2. The number of imidazole rings is 1. The zero-order valence-electron chi connectivity index (χ0n) is 17.2. The summed E-state index contributed by atoms with van der Waals surface area (Å²) in [5, 5.41) is 2.86. The molecule has 32 heavy (non-hydrogen) atoms. The van der Waals surface area contributed by atoms with Crippen LogP contribution in [0.2, 0.25) is 0 Å². The Labute approximate surface area is 181 Å². The van der Waals surface area contributed by atoms with Gasteiger partial charge in [-0.3, -0.25) is 14.6 Å². The molecule has 2 amide bonds. The molecule has 4 rings (SSSR count). The standard InChI is InChI=1S/C22H20F3N5O2/c1-13-16(9-28-19(31)11-29-7-5-26-12-29)15-4-6-30(10-14(15)8-27-13)22(32)20-17(23)2-3-18(24)21(20)25/h2-3,5,7-8,12H,4,6,9-11H2,1H3,(H,28,31). The second kappa shape index (κ2) is 8.81. The van der Waals surface area contributed by atoms with Gasteiger partial charge in [-0.05, 0) is 42.2 Å². The Morgan fingerprint density at radius 2 is 1.97 bits per heavy atom. The van der Waals surface area contributed by atoms with E-state index in [0.29, 0.717) is 18.1 Å². The maximum atomic E-state index is 14.1. The average Bonchev–Trinajstić information content (AvgIpc) is 3.28. The summed E-state index contributed by atoms with van der Waals surface area (Å²) in [5.74, 6) is -4.99. The van der Waals surface area contributed by atoms with Crippen molar-refractivity contribution in [3.05, 3.63) is 82.4 Å². The molecular weight excluding hydrogens is 423 g/mol. The maximum Gasteiger partial charge on any atom is 0.260 e. The van der Waals surface area contributed by atoms with Crippen LogP contribution in [0.1, 0.15) is 32.7 Å². The van der Waals surface area contributed by atoms with Crippen molar-refractivity contribution in [2.75, 3.05) is 6.54 Å². The zero-order chi connectivity index (χ0) is 22.8. The molecule has 166 valence electrons. The van der Waals surface area contributed by atoms with Gasteiger partial charge in [-0.1, -0.05) is 0 Å². The van der Waals surface area contributed by atoms with E-state index in [-0.39, 0.29) is 32.1 Å². The van der Waals surface area contributed by atoms with Crippen LogP contribution < -0.4 is 5.32 Å². The van der Waals surface area contributed by atoms with E-state index in [4.69, 9.17) is 0 Å². The smallest absolute Gasteiger partial charge is 0.260 e. The normalized spacial score (nSPS) is 13.1. The van der Waals surface area contributed by atoms with E-state index in [1.165, 1.54) is 4.90 Å². The van der Waals surface area contributed by atoms with Crippen LogP contribution in [0.25, 0.3) is 0 Å². The molecule has 7 nitrogen and oxygen atoms in total. The van der Waals surface area contributed by atoms with Crippen molar-refractivity contribution in [3.63, 3.8) is 0 Å². The molecule has 3 heterocycles. The van der Waals surface area contributed by atoms with Crippen LogP contribution in [0.15, 0.2) is 37.1 Å². The SMILES string of the molecule is Cc1ncc2c(c1CNC(=O)Cn1ccnc1)CCN(C(=O)c1c(F)ccc(F)c1F)C2. The molecule has 0 spiro atoms. The summed E-state index contributed by atoms with van der Waals surface area (Å²) < 4.78 is 43.3. The van der Waals surface area contributed by atoms with Crippen molar-refractivity contribution in [2.24, 2.45) is 0 Å². The van der Waals surface area contributed by atoms with Crippen molar-refractivity contribution in [3.8, 4) is 0 Å². The number of nitrogens with zero attached hydrogens (tertiary/aromatic N) is 4. The van der Waals surface area contributed by atoms with Crippen molar-refractivity contribution in [1.82, 2.24) is 24.8 Å². The number of hydrogen-bond acceptors (Lipinski definition) is 4. The van der Waals surface area contributed by atoms with E-state index in [0.717, 1.165) is 22.9 Å². The fourth-order valence-corrected chi connectivity index (χ4v) is 3.80. The molecular formula is C22H20F3N5O2. The van der Waals surface area contributed by atoms with Gasteiger partial charge in [0.05, 0.1) is 6.33 Å². The van der Waals surface area contributed by atoms with Crippen LogP contribution >= 0.6 is 0 Å². The number of carbonyl (C=O) groups is 2. The Kier molecular flexibility index (Phi) is 5.93. The average molecular weight is 443 g/mol. The molecule has 1 aliphatic rings. The minimum absolute atomic E-state index is 0.0762. The van der Waals surface area contributed by atoms with E-state index in [2.05, 4.69) is 15.3 Å². The lowest BCUT2D eigenvalue weighted by Crippen LogP contribution is -2.38. The molecule has 0 radical (unpaired) electrons. The van der Waals surface area contributed by atoms with E-state index in [9.17, 15) is 22.8 Å². The summed E-state index contributed by atoms with van der Waals surface area (Å²) in [5.41, 5.74) is 2.34. The Morgan fingerprint density at radius 3 is 2.72 bits per heavy atom. The van der Waals surface area contributed by atoms with E-state index >= 15 is 0 Å². The molecule has 10 heteroatoms. The Morgan fingerprint density at radius 1 is 1.19 bits per heavy atom. The summed E-state index contributed by atoms with van der Waals surface area (Å²) in [4.78, 5) is 34.4. The molecule has 0 atom stereocenters. The van der Waals surface area contributed by atoms with Gasteiger partial charge in [-0.2, -0.15) is 0 Å². The van der Waals surface area contributed by atoms with Gasteiger partial charge < -0.3 is 14.8 Å². The molecule has 1 aromatic carbocycles. The number of pyridine rings is 1. The third kappa shape index (κ3) is 4.20. The summed E-state index contributed by atoms with van der Waals surface area (Å²) in [6.07, 6.45) is 6.84. The van der Waals surface area contributed by atoms with Gasteiger partial charge in [0, 0.05) is 43.9 Å². The highest BCUT2D eigenvalue weighted by Crippen LogP contribution is 2.26. The predicted octanol–water partition coefficient (Wildman–Crippen LogP) is 2.52. The molecule has 1 aliphatic heterocycles. The highest BCUT2D eigenvalue weighted by molar-refractivity contribution is 5.95. The number of aryl methyl sites for hydroxylation is 1. The highest BCUT2D eigenvalue weighted by atomic mass is 19.2. The van der Waals surface area contributed by atoms with E-state index < -0.39 is 28.9 Å². The second-order valence-corrected chi connectivity index (χ2v) is 7.53. The summed E-state index contributed by atoms with van der Waals surface area (Å²) in [6.45, 7) is 2.49. The lowest BCUT2D eigenvalue weighted by molar-refractivity contribution is -0.121. The minimum Gasteiger partial charge on any atom is -0.350 e. The number of rotatable bonds is 5. The van der Waals surface area contributed by atoms with Crippen molar-refractivity contribution < 1.29 is 22.8 Å². The van der Waals surface area contributed by atoms with Crippen LogP contribution in [0.5, 0.6) is 0 Å². The van der Waals surface area contributed by atoms with Gasteiger partial charge in [-0.25, -0.2) is 18.2 Å². The van der Waals surface area contributed by atoms with Gasteiger partial charge in [0.25, 0.3) is 5.91 Å². The number of nitrogens with one attached hydrogen (secondary N) is 1. The molecule has 0 fully saturated rings. The first-order valence-corrected chi connectivity index (χ1v) is 9.96. The molecule has 0 bridgehead atoms. The zero-order valence-corrected chi connectivity index (χ0v) is 17.2. The van der Waals surface area contributed by atoms with Crippen LogP contribution in [0.4, 0.5) is 13.2 Å². The van der Waals surface area contributed by atoms with Gasteiger partial charge in [-0.15, -0.1) is 0 Å². The molecule has 0 aliphatic carbocycles. The van der Waals surface area contributed by atoms with Crippen LogP contribution in [0.3, 0.4) is 0 Å². The van der Waals surface area contributed by atoms with Gasteiger partial charge in [0.15, 0.2) is 11.6 Å². The van der Waals surface area contributed by atoms with Crippen molar-refractivity contribution in [1.29, 1.82) is 0 Å². The fourth-order valence-electron chi connectivity index (χ4n) is 3.80. The topological polar surface area (TPSA) is 80.1 Å². The summed E-state index contributed by atoms with van der Waals surface area (Å²) in [6, 6.07) is 1.38. The number of halogens is 3. The van der Waals surface area contributed by atoms with Crippen molar-refractivity contribution >= 4 is 11.8 Å². The quantitative estimate of drug-likeness (QED) is 0.615. The summed E-state index contributed by atoms with van der Waals surface area (Å²) >= 11 is 0. The number of fused-ring (bicyclic) bond motifs is 1. The number of hydrogen-bond donors (Lipinski definition) is 1. The maximum absolute atomic E-state index is 14.1. The first-order valence-electron chi connectivity index (χ1n) is 9.96. The Balaban J connectivity index is 1.50. The van der Waals surface area contributed by atoms with Gasteiger partial charge in [0.1, 0.15) is 17.9 Å². The lowest BCUT2D eigenvalue weighted by Gasteiger charge is -2.30. The van der Waals surface area contributed by atoms with Gasteiger partial charge in [0.2, 0.25) is 5.91 Å². The molecule has 1 N–H and O–H groups in total. The Bertz CT molecular complexity index is 1180. The first-order chi connectivity index (χ1) is 15.3. The second-order valence-electron chi connectivity index (χ2n) is 7.53. The van der Waals surface area contributed by atoms with E-state index in [1.54, 1.807) is 29.5 Å². The third-order valence-electron chi connectivity index (χ3n) is 5.49. The van der Waals surface area contributed by atoms with Gasteiger partial charge >= 0.3 is 0 Å². The number of benzene rings is 1. The Hall–Kier alpha value is -3.69. The predicted molar refractivity (Wildman–Crippen MR) is 108 cm³/mol. The highest BCUT2D eigenvalue weighted by Gasteiger charge is 2.29. The van der Waals surface area contributed by atoms with Crippen LogP contribution in [0, 0.1) is 24.4 Å². The fraction of sp³-hybridized carbons (Fsp3) is 0.273. The first kappa shape index (κ1) is 21.5.